The lowest BCUT2D eigenvalue weighted by Gasteiger charge is -2.01. The van der Waals surface area contributed by atoms with Crippen molar-refractivity contribution in [2.24, 2.45) is 0 Å². The average Bonchev–Trinajstić information content (AvgIpc) is 2.77. The number of nitrogens with zero attached hydrogens (tertiary/aromatic N) is 1. The van der Waals surface area contributed by atoms with Gasteiger partial charge in [-0.1, -0.05) is 35.6 Å². The number of thioether (sulfide) groups is 1. The molecular formula is C14H12N2S2. The highest BCUT2D eigenvalue weighted by Gasteiger charge is 2.02. The first-order valence-electron chi connectivity index (χ1n) is 5.64. The first-order valence-corrected chi connectivity index (χ1v) is 7.44. The molecule has 0 bridgehead atoms. The van der Waals surface area contributed by atoms with E-state index in [4.69, 9.17) is 5.73 Å². The molecule has 0 aliphatic carbocycles. The summed E-state index contributed by atoms with van der Waals surface area (Å²) in [5.41, 5.74) is 8.01. The van der Waals surface area contributed by atoms with E-state index in [2.05, 4.69) is 41.4 Å². The quantitative estimate of drug-likeness (QED) is 0.727. The van der Waals surface area contributed by atoms with E-state index in [1.807, 2.05) is 23.9 Å². The Morgan fingerprint density at radius 1 is 1.11 bits per heavy atom. The van der Waals surface area contributed by atoms with E-state index in [1.54, 1.807) is 11.3 Å². The number of fused-ring (bicyclic) bond motifs is 1. The highest BCUT2D eigenvalue weighted by atomic mass is 32.2. The maximum absolute atomic E-state index is 5.71. The molecule has 0 unspecified atom stereocenters. The number of nitrogen functional groups attached to an aromatic ring is 1. The highest BCUT2D eigenvalue weighted by Crippen LogP contribution is 2.28. The van der Waals surface area contributed by atoms with Gasteiger partial charge in [-0.3, -0.25) is 0 Å². The van der Waals surface area contributed by atoms with Gasteiger partial charge in [0.15, 0.2) is 5.13 Å². The molecule has 2 nitrogen and oxygen atoms in total. The van der Waals surface area contributed by atoms with Crippen molar-refractivity contribution in [3.63, 3.8) is 0 Å². The van der Waals surface area contributed by atoms with Crippen LogP contribution in [-0.2, 0) is 5.75 Å². The molecule has 1 heterocycles. The number of hydrogen-bond acceptors (Lipinski definition) is 4. The summed E-state index contributed by atoms with van der Waals surface area (Å²) in [7, 11) is 0. The van der Waals surface area contributed by atoms with E-state index >= 15 is 0 Å². The van der Waals surface area contributed by atoms with Crippen LogP contribution in [0.4, 0.5) is 5.13 Å². The van der Waals surface area contributed by atoms with Gasteiger partial charge in [0.25, 0.3) is 0 Å². The number of anilines is 1. The molecule has 90 valence electrons. The predicted octanol–water partition coefficient (Wildman–Crippen LogP) is 4.17. The van der Waals surface area contributed by atoms with E-state index in [0.717, 1.165) is 11.3 Å². The van der Waals surface area contributed by atoms with Crippen molar-refractivity contribution in [2.45, 2.75) is 10.6 Å². The Morgan fingerprint density at radius 2 is 1.94 bits per heavy atom. The van der Waals surface area contributed by atoms with E-state index in [1.165, 1.54) is 15.2 Å². The van der Waals surface area contributed by atoms with E-state index in [0.29, 0.717) is 5.13 Å². The summed E-state index contributed by atoms with van der Waals surface area (Å²) in [5, 5.41) is 0.637. The summed E-state index contributed by atoms with van der Waals surface area (Å²) in [6, 6.07) is 16.8. The molecule has 0 aliphatic heterocycles. The molecule has 3 aromatic rings. The molecule has 18 heavy (non-hydrogen) atoms. The zero-order valence-corrected chi connectivity index (χ0v) is 11.3. The first-order chi connectivity index (χ1) is 8.81. The van der Waals surface area contributed by atoms with Gasteiger partial charge in [0.05, 0.1) is 10.2 Å². The third-order valence-electron chi connectivity index (χ3n) is 2.62. The van der Waals surface area contributed by atoms with Gasteiger partial charge in [0.2, 0.25) is 0 Å². The number of aromatic nitrogens is 1. The van der Waals surface area contributed by atoms with Crippen LogP contribution in [0.25, 0.3) is 10.2 Å². The lowest BCUT2D eigenvalue weighted by Crippen LogP contribution is -1.81. The van der Waals surface area contributed by atoms with Gasteiger partial charge in [-0.25, -0.2) is 4.98 Å². The van der Waals surface area contributed by atoms with Gasteiger partial charge < -0.3 is 5.73 Å². The van der Waals surface area contributed by atoms with Crippen LogP contribution in [0.1, 0.15) is 5.56 Å². The van der Waals surface area contributed by atoms with Crippen LogP contribution in [0, 0.1) is 0 Å². The number of rotatable bonds is 3. The number of hydrogen-bond donors (Lipinski definition) is 1. The number of nitrogens with two attached hydrogens (primary N) is 1. The summed E-state index contributed by atoms with van der Waals surface area (Å²) in [4.78, 5) is 5.56. The Bertz CT molecular complexity index is 662. The minimum Gasteiger partial charge on any atom is -0.375 e. The lowest BCUT2D eigenvalue weighted by atomic mass is 10.2. The summed E-state index contributed by atoms with van der Waals surface area (Å²) in [6.07, 6.45) is 0. The van der Waals surface area contributed by atoms with Crippen LogP contribution in [0.2, 0.25) is 0 Å². The van der Waals surface area contributed by atoms with Crippen LogP contribution in [0.15, 0.2) is 53.4 Å². The van der Waals surface area contributed by atoms with E-state index < -0.39 is 0 Å². The minimum absolute atomic E-state index is 0.637. The van der Waals surface area contributed by atoms with E-state index in [-0.39, 0.29) is 0 Å². The topological polar surface area (TPSA) is 38.9 Å². The van der Waals surface area contributed by atoms with Crippen molar-refractivity contribution in [1.82, 2.24) is 4.98 Å². The Hall–Kier alpha value is -1.52. The number of thiazole rings is 1. The molecule has 0 atom stereocenters. The lowest BCUT2D eigenvalue weighted by molar-refractivity contribution is 1.39. The number of benzene rings is 2. The molecule has 3 rings (SSSR count). The van der Waals surface area contributed by atoms with Crippen molar-refractivity contribution in [1.29, 1.82) is 0 Å². The van der Waals surface area contributed by atoms with Crippen LogP contribution in [0.5, 0.6) is 0 Å². The minimum atomic E-state index is 0.637. The van der Waals surface area contributed by atoms with Crippen molar-refractivity contribution in [2.75, 3.05) is 5.73 Å². The molecular weight excluding hydrogens is 260 g/mol. The summed E-state index contributed by atoms with van der Waals surface area (Å²) < 4.78 is 1.17. The van der Waals surface area contributed by atoms with Crippen LogP contribution < -0.4 is 5.73 Å². The zero-order valence-electron chi connectivity index (χ0n) is 9.67. The van der Waals surface area contributed by atoms with Crippen LogP contribution >= 0.6 is 23.1 Å². The summed E-state index contributed by atoms with van der Waals surface area (Å²) in [5.74, 6) is 0.970. The molecule has 1 aromatic heterocycles. The molecule has 0 saturated heterocycles. The van der Waals surface area contributed by atoms with Crippen LogP contribution in [-0.4, -0.2) is 4.98 Å². The molecule has 2 N–H and O–H groups in total. The second kappa shape index (κ2) is 5.00. The van der Waals surface area contributed by atoms with Gasteiger partial charge in [-0.15, -0.1) is 11.8 Å². The fourth-order valence-corrected chi connectivity index (χ4v) is 3.42. The summed E-state index contributed by atoms with van der Waals surface area (Å²) >= 11 is 3.39. The molecule has 0 fully saturated rings. The maximum atomic E-state index is 5.71. The molecule has 0 aliphatic rings. The fourth-order valence-electron chi connectivity index (χ4n) is 1.76. The van der Waals surface area contributed by atoms with Crippen LogP contribution in [0.3, 0.4) is 0 Å². The van der Waals surface area contributed by atoms with Crippen molar-refractivity contribution in [3.8, 4) is 0 Å². The van der Waals surface area contributed by atoms with Crippen molar-refractivity contribution in [3.05, 3.63) is 54.1 Å². The first kappa shape index (κ1) is 11.6. The largest absolute Gasteiger partial charge is 0.375 e. The second-order valence-electron chi connectivity index (χ2n) is 3.96. The molecule has 0 saturated carbocycles. The van der Waals surface area contributed by atoms with Gasteiger partial charge in [-0.05, 0) is 29.8 Å². The van der Waals surface area contributed by atoms with E-state index in [9.17, 15) is 0 Å². The van der Waals surface area contributed by atoms with Gasteiger partial charge in [0, 0.05) is 10.6 Å². The fraction of sp³-hybridized carbons (Fsp3) is 0.0714. The van der Waals surface area contributed by atoms with Crippen molar-refractivity contribution < 1.29 is 0 Å². The Labute approximate surface area is 114 Å². The molecule has 4 heteroatoms. The standard InChI is InChI=1S/C14H12N2S2/c15-14-16-12-7-6-10(8-13(12)18-14)9-17-11-4-2-1-3-5-11/h1-8H,9H2,(H2,15,16). The maximum Gasteiger partial charge on any atom is 0.181 e. The van der Waals surface area contributed by atoms with Gasteiger partial charge in [0.1, 0.15) is 0 Å². The second-order valence-corrected chi connectivity index (χ2v) is 6.07. The third kappa shape index (κ3) is 2.49. The average molecular weight is 272 g/mol. The normalized spacial score (nSPS) is 10.9. The molecule has 0 radical (unpaired) electrons. The van der Waals surface area contributed by atoms with Crippen molar-refractivity contribution >= 4 is 38.4 Å². The van der Waals surface area contributed by atoms with Gasteiger partial charge in [-0.2, -0.15) is 0 Å². The summed E-state index contributed by atoms with van der Waals surface area (Å²) in [6.45, 7) is 0. The third-order valence-corrected chi connectivity index (χ3v) is 4.55. The molecule has 0 amide bonds. The Balaban J connectivity index is 1.78. The Morgan fingerprint density at radius 3 is 2.78 bits per heavy atom. The SMILES string of the molecule is Nc1nc2ccc(CSc3ccccc3)cc2s1. The Kier molecular flexibility index (Phi) is 3.21. The molecule has 0 spiro atoms. The smallest absolute Gasteiger partial charge is 0.181 e. The monoisotopic (exact) mass is 272 g/mol. The predicted molar refractivity (Wildman–Crippen MR) is 80.0 cm³/mol. The molecule has 2 aromatic carbocycles. The highest BCUT2D eigenvalue weighted by molar-refractivity contribution is 7.98. The van der Waals surface area contributed by atoms with Gasteiger partial charge >= 0.3 is 0 Å². The zero-order chi connectivity index (χ0) is 12.4.